The van der Waals surface area contributed by atoms with Crippen molar-refractivity contribution in [1.82, 2.24) is 10.3 Å². The summed E-state index contributed by atoms with van der Waals surface area (Å²) < 4.78 is 52.5. The second-order valence-corrected chi connectivity index (χ2v) is 7.69. The Morgan fingerprint density at radius 1 is 1.20 bits per heavy atom. The van der Waals surface area contributed by atoms with E-state index in [4.69, 9.17) is 21.1 Å². The first kappa shape index (κ1) is 22.7. The van der Waals surface area contributed by atoms with Crippen LogP contribution in [0.2, 0.25) is 5.02 Å². The van der Waals surface area contributed by atoms with Crippen LogP contribution in [0, 0.1) is 0 Å². The molecule has 0 bridgehead atoms. The third kappa shape index (κ3) is 6.00. The van der Waals surface area contributed by atoms with E-state index in [-0.39, 0.29) is 11.3 Å². The van der Waals surface area contributed by atoms with Crippen molar-refractivity contribution in [2.45, 2.75) is 31.0 Å². The molecule has 2 aromatic rings. The Kier molecular flexibility index (Phi) is 7.44. The Morgan fingerprint density at radius 3 is 2.60 bits per heavy atom. The van der Waals surface area contributed by atoms with Crippen molar-refractivity contribution in [2.24, 2.45) is 0 Å². The van der Waals surface area contributed by atoms with Crippen LogP contribution in [0.3, 0.4) is 0 Å². The third-order valence-electron chi connectivity index (χ3n) is 5.16. The highest BCUT2D eigenvalue weighted by atomic mass is 35.5. The SMILES string of the molecule is COc1ccc(Cl)cc1C1(CNCc2ccc(OCC(F)(F)F)nc2)CCOCC1. The summed E-state index contributed by atoms with van der Waals surface area (Å²) in [6.45, 7) is 1.11. The Labute approximate surface area is 178 Å². The standard InChI is InChI=1S/C21H24ClF3N2O3/c1-28-18-4-3-16(22)10-17(18)20(6-8-29-9-7-20)13-26-11-15-2-5-19(27-12-15)30-14-21(23,24)25/h2-5,10,12,26H,6-9,11,13-14H2,1H3. The summed E-state index contributed by atoms with van der Waals surface area (Å²) in [5.74, 6) is 0.733. The highest BCUT2D eigenvalue weighted by molar-refractivity contribution is 6.30. The van der Waals surface area contributed by atoms with Crippen molar-refractivity contribution in [2.75, 3.05) is 33.5 Å². The van der Waals surface area contributed by atoms with Crippen LogP contribution in [0.4, 0.5) is 13.2 Å². The lowest BCUT2D eigenvalue weighted by Crippen LogP contribution is -2.43. The maximum Gasteiger partial charge on any atom is 0.422 e. The molecular formula is C21H24ClF3N2O3. The largest absolute Gasteiger partial charge is 0.496 e. The molecule has 0 unspecified atom stereocenters. The highest BCUT2D eigenvalue weighted by Crippen LogP contribution is 2.40. The molecule has 5 nitrogen and oxygen atoms in total. The number of ether oxygens (including phenoxy) is 3. The maximum atomic E-state index is 12.2. The van der Waals surface area contributed by atoms with E-state index in [0.717, 1.165) is 29.7 Å². The van der Waals surface area contributed by atoms with E-state index in [9.17, 15) is 13.2 Å². The van der Waals surface area contributed by atoms with Crippen LogP contribution >= 0.6 is 11.6 Å². The van der Waals surface area contributed by atoms with Crippen LogP contribution in [0.25, 0.3) is 0 Å². The monoisotopic (exact) mass is 444 g/mol. The van der Waals surface area contributed by atoms with Crippen LogP contribution in [-0.2, 0) is 16.7 Å². The number of nitrogens with one attached hydrogen (secondary N) is 1. The normalized spacial score (nSPS) is 16.3. The Hall–Kier alpha value is -2.03. The maximum absolute atomic E-state index is 12.2. The van der Waals surface area contributed by atoms with Gasteiger partial charge in [-0.15, -0.1) is 0 Å². The molecule has 30 heavy (non-hydrogen) atoms. The van der Waals surface area contributed by atoms with Gasteiger partial charge in [0, 0.05) is 54.6 Å². The molecule has 1 aliphatic heterocycles. The number of halogens is 4. The lowest BCUT2D eigenvalue weighted by Gasteiger charge is -2.39. The summed E-state index contributed by atoms with van der Waals surface area (Å²) in [5.41, 5.74) is 1.69. The molecule has 0 spiro atoms. The fourth-order valence-corrected chi connectivity index (χ4v) is 3.77. The Bertz CT molecular complexity index is 825. The summed E-state index contributed by atoms with van der Waals surface area (Å²) in [5, 5.41) is 4.09. The Balaban J connectivity index is 1.65. The van der Waals surface area contributed by atoms with Gasteiger partial charge in [0.2, 0.25) is 5.88 Å². The first-order valence-electron chi connectivity index (χ1n) is 9.58. The van der Waals surface area contributed by atoms with Crippen molar-refractivity contribution in [3.63, 3.8) is 0 Å². The van der Waals surface area contributed by atoms with E-state index in [1.54, 1.807) is 19.2 Å². The summed E-state index contributed by atoms with van der Waals surface area (Å²) >= 11 is 6.26. The van der Waals surface area contributed by atoms with E-state index in [2.05, 4.69) is 15.0 Å². The smallest absolute Gasteiger partial charge is 0.422 e. The van der Waals surface area contributed by atoms with Crippen LogP contribution < -0.4 is 14.8 Å². The van der Waals surface area contributed by atoms with Crippen molar-refractivity contribution < 1.29 is 27.4 Å². The fraction of sp³-hybridized carbons (Fsp3) is 0.476. The number of hydrogen-bond acceptors (Lipinski definition) is 5. The van der Waals surface area contributed by atoms with Gasteiger partial charge >= 0.3 is 6.18 Å². The minimum Gasteiger partial charge on any atom is -0.496 e. The zero-order chi connectivity index (χ0) is 21.6. The number of alkyl halides is 3. The average Bonchev–Trinajstić information content (AvgIpc) is 2.73. The molecule has 1 aromatic heterocycles. The van der Waals surface area contributed by atoms with E-state index in [1.807, 2.05) is 12.1 Å². The molecule has 0 atom stereocenters. The predicted molar refractivity (Wildman–Crippen MR) is 107 cm³/mol. The van der Waals surface area contributed by atoms with E-state index in [0.29, 0.717) is 31.3 Å². The van der Waals surface area contributed by atoms with Gasteiger partial charge in [0.15, 0.2) is 6.61 Å². The van der Waals surface area contributed by atoms with Crippen LogP contribution in [0.5, 0.6) is 11.6 Å². The second-order valence-electron chi connectivity index (χ2n) is 7.25. The number of aromatic nitrogens is 1. The lowest BCUT2D eigenvalue weighted by molar-refractivity contribution is -0.154. The van der Waals surface area contributed by atoms with Crippen molar-refractivity contribution >= 4 is 11.6 Å². The van der Waals surface area contributed by atoms with Gasteiger partial charge in [-0.2, -0.15) is 13.2 Å². The van der Waals surface area contributed by atoms with Gasteiger partial charge in [-0.25, -0.2) is 4.98 Å². The van der Waals surface area contributed by atoms with E-state index < -0.39 is 12.8 Å². The molecule has 0 amide bonds. The summed E-state index contributed by atoms with van der Waals surface area (Å²) in [4.78, 5) is 3.94. The van der Waals surface area contributed by atoms with Crippen molar-refractivity contribution in [3.8, 4) is 11.6 Å². The molecule has 1 aromatic carbocycles. The second kappa shape index (κ2) is 9.85. The molecular weight excluding hydrogens is 421 g/mol. The van der Waals surface area contributed by atoms with Gasteiger partial charge in [-0.1, -0.05) is 17.7 Å². The number of nitrogens with zero attached hydrogens (tertiary/aromatic N) is 1. The average molecular weight is 445 g/mol. The zero-order valence-electron chi connectivity index (χ0n) is 16.6. The fourth-order valence-electron chi connectivity index (χ4n) is 3.60. The van der Waals surface area contributed by atoms with Crippen molar-refractivity contribution in [3.05, 3.63) is 52.7 Å². The molecule has 1 aliphatic rings. The molecule has 1 N–H and O–H groups in total. The lowest BCUT2D eigenvalue weighted by atomic mass is 9.73. The minimum atomic E-state index is -4.39. The minimum absolute atomic E-state index is 0.0550. The van der Waals surface area contributed by atoms with E-state index in [1.165, 1.54) is 12.3 Å². The van der Waals surface area contributed by atoms with Gasteiger partial charge in [0.1, 0.15) is 5.75 Å². The van der Waals surface area contributed by atoms with Gasteiger partial charge in [0.25, 0.3) is 0 Å². The predicted octanol–water partition coefficient (Wildman–Crippen LogP) is 4.52. The van der Waals surface area contributed by atoms with E-state index >= 15 is 0 Å². The number of benzene rings is 1. The zero-order valence-corrected chi connectivity index (χ0v) is 17.4. The number of methoxy groups -OCH3 is 1. The highest BCUT2D eigenvalue weighted by Gasteiger charge is 2.36. The molecule has 164 valence electrons. The molecule has 0 radical (unpaired) electrons. The molecule has 2 heterocycles. The van der Waals surface area contributed by atoms with Crippen LogP contribution in [-0.4, -0.2) is 44.6 Å². The quantitative estimate of drug-likeness (QED) is 0.648. The van der Waals surface area contributed by atoms with Crippen LogP contribution in [0.15, 0.2) is 36.5 Å². The third-order valence-corrected chi connectivity index (χ3v) is 5.39. The first-order chi connectivity index (χ1) is 14.3. The number of pyridine rings is 1. The van der Waals surface area contributed by atoms with Crippen LogP contribution in [0.1, 0.15) is 24.0 Å². The summed E-state index contributed by atoms with van der Waals surface area (Å²) in [7, 11) is 1.64. The first-order valence-corrected chi connectivity index (χ1v) is 9.96. The van der Waals surface area contributed by atoms with Gasteiger partial charge in [0.05, 0.1) is 7.11 Å². The van der Waals surface area contributed by atoms with Gasteiger partial charge < -0.3 is 19.5 Å². The summed E-state index contributed by atoms with van der Waals surface area (Å²) in [6.07, 6.45) is -1.24. The van der Waals surface area contributed by atoms with Crippen molar-refractivity contribution in [1.29, 1.82) is 0 Å². The summed E-state index contributed by atoms with van der Waals surface area (Å²) in [6, 6.07) is 8.76. The van der Waals surface area contributed by atoms with Gasteiger partial charge in [-0.3, -0.25) is 0 Å². The van der Waals surface area contributed by atoms with Gasteiger partial charge in [-0.05, 0) is 36.6 Å². The topological polar surface area (TPSA) is 52.6 Å². The number of rotatable bonds is 8. The molecule has 1 saturated heterocycles. The molecule has 1 fully saturated rings. The molecule has 3 rings (SSSR count). The number of hydrogen-bond donors (Lipinski definition) is 1. The molecule has 0 aliphatic carbocycles. The Morgan fingerprint density at radius 2 is 1.97 bits per heavy atom. The molecule has 0 saturated carbocycles. The molecule has 9 heteroatoms.